The Morgan fingerprint density at radius 2 is 0.481 bits per heavy atom. The summed E-state index contributed by atoms with van der Waals surface area (Å²) in [6.45, 7) is 39.1. The van der Waals surface area contributed by atoms with E-state index in [1.807, 2.05) is 6.07 Å². The molecule has 0 aliphatic carbocycles. The molecule has 428 valence electrons. The molecule has 3 heterocycles. The molecule has 2 aliphatic rings. The average Bonchev–Trinajstić information content (AvgIpc) is 3.42. The highest BCUT2D eigenvalue weighted by molar-refractivity contribution is 5.61. The lowest BCUT2D eigenvalue weighted by molar-refractivity contribution is -0.626. The number of aromatic hydroxyl groups is 4. The third-order valence-corrected chi connectivity index (χ3v) is 16.9. The van der Waals surface area contributed by atoms with E-state index < -0.39 is 0 Å². The van der Waals surface area contributed by atoms with Gasteiger partial charge < -0.3 is 35.1 Å². The number of pyridine rings is 1. The van der Waals surface area contributed by atoms with Crippen LogP contribution in [0.5, 0.6) is 34.5 Å². The Hall–Kier alpha value is -6.93. The molecule has 9 rings (SSSR count). The van der Waals surface area contributed by atoms with Crippen molar-refractivity contribution in [3.63, 3.8) is 0 Å². The van der Waals surface area contributed by atoms with Gasteiger partial charge in [-0.3, -0.25) is 0 Å². The van der Waals surface area contributed by atoms with Gasteiger partial charge in [-0.15, -0.1) is 0 Å². The van der Waals surface area contributed by atoms with Crippen molar-refractivity contribution in [1.82, 2.24) is 0 Å². The molecule has 7 aromatic rings. The lowest BCUT2D eigenvalue weighted by Gasteiger charge is -2.28. The number of fused-ring (bicyclic) bond motifs is 10. The van der Waals surface area contributed by atoms with Crippen LogP contribution in [0.4, 0.5) is 0 Å². The number of phenolic OH excluding ortho intramolecular Hbond substituents is 4. The summed E-state index contributed by atoms with van der Waals surface area (Å²) in [6, 6.07) is 30.9. The van der Waals surface area contributed by atoms with E-state index in [1.165, 1.54) is 0 Å². The Bertz CT molecular complexity index is 3170. The smallest absolute Gasteiger partial charge is 0.230 e. The van der Waals surface area contributed by atoms with E-state index in [9.17, 15) is 25.6 Å². The second kappa shape index (κ2) is 20.8. The van der Waals surface area contributed by atoms with Crippen molar-refractivity contribution >= 4 is 0 Å². The van der Waals surface area contributed by atoms with E-state index in [1.54, 1.807) is 12.1 Å². The van der Waals surface area contributed by atoms with E-state index in [0.29, 0.717) is 67.4 Å². The van der Waals surface area contributed by atoms with Crippen LogP contribution in [0.15, 0.2) is 91.0 Å². The van der Waals surface area contributed by atoms with Crippen LogP contribution in [-0.4, -0.2) is 20.4 Å². The summed E-state index contributed by atoms with van der Waals surface area (Å²) in [5, 5.41) is 66.4. The fourth-order valence-electron chi connectivity index (χ4n) is 11.4. The van der Waals surface area contributed by atoms with Gasteiger partial charge >= 0.3 is 0 Å². The Balaban J connectivity index is 1.46. The predicted octanol–water partition coefficient (Wildman–Crippen LogP) is 16.3. The monoisotopic (exact) mass is 1090 g/mol. The summed E-state index contributed by atoms with van der Waals surface area (Å²) in [4.78, 5) is 0. The molecule has 4 N–H and O–H groups in total. The third kappa shape index (κ3) is 12.3. The molecule has 1 aromatic heterocycles. The number of aromatic nitrogens is 1. The summed E-state index contributed by atoms with van der Waals surface area (Å²) >= 11 is 0. The van der Waals surface area contributed by atoms with Crippen molar-refractivity contribution < 1.29 is 34.6 Å². The number of hydrogen-bond acceptors (Lipinski definition) is 7. The summed E-state index contributed by atoms with van der Waals surface area (Å²) in [5.74, 6) is 1.70. The van der Waals surface area contributed by atoms with Gasteiger partial charge in [0, 0.05) is 50.7 Å². The first-order chi connectivity index (χ1) is 37.4. The summed E-state index contributed by atoms with van der Waals surface area (Å²) in [5.41, 5.74) is 14.0. The molecular formula is C73H89NO7. The quantitative estimate of drug-likeness (QED) is 0.0880. The van der Waals surface area contributed by atoms with Gasteiger partial charge in [-0.05, 0) is 139 Å². The zero-order chi connectivity index (χ0) is 59.3. The van der Waals surface area contributed by atoms with Gasteiger partial charge in [0.05, 0.1) is 0 Å². The Labute approximate surface area is 483 Å². The van der Waals surface area contributed by atoms with E-state index >= 15 is 0 Å². The summed E-state index contributed by atoms with van der Waals surface area (Å²) in [7, 11) is 0. The number of benzene rings is 6. The van der Waals surface area contributed by atoms with Gasteiger partial charge in [0.2, 0.25) is 11.4 Å². The van der Waals surface area contributed by atoms with Gasteiger partial charge in [-0.25, -0.2) is 0 Å². The molecule has 2 aliphatic heterocycles. The highest BCUT2D eigenvalue weighted by atomic mass is 16.5. The van der Waals surface area contributed by atoms with Gasteiger partial charge in [0.1, 0.15) is 34.5 Å². The number of phenols is 4. The molecule has 81 heavy (non-hydrogen) atoms. The minimum Gasteiger partial charge on any atom is -0.618 e. The van der Waals surface area contributed by atoms with Crippen LogP contribution in [0, 0.1) is 5.21 Å². The molecule has 8 heteroatoms. The van der Waals surface area contributed by atoms with Crippen molar-refractivity contribution in [1.29, 1.82) is 0 Å². The average molecular weight is 1090 g/mol. The van der Waals surface area contributed by atoms with Crippen LogP contribution in [0.2, 0.25) is 0 Å². The minimum absolute atomic E-state index is 0.0738. The topological polar surface area (TPSA) is 126 Å². The molecule has 0 saturated heterocycles. The first-order valence-electron chi connectivity index (χ1n) is 29.1. The van der Waals surface area contributed by atoms with Crippen LogP contribution < -0.4 is 14.2 Å². The van der Waals surface area contributed by atoms with Gasteiger partial charge in [-0.2, -0.15) is 4.73 Å². The van der Waals surface area contributed by atoms with Crippen molar-refractivity contribution in [3.05, 3.63) is 208 Å². The molecule has 8 nitrogen and oxygen atoms in total. The van der Waals surface area contributed by atoms with E-state index in [-0.39, 0.29) is 107 Å². The molecule has 0 atom stereocenters. The zero-order valence-corrected chi connectivity index (χ0v) is 51.8. The molecular weight excluding hydrogens is 1000 g/mol. The van der Waals surface area contributed by atoms with Crippen molar-refractivity contribution in [2.24, 2.45) is 0 Å². The number of hydrogen-bond donors (Lipinski definition) is 4. The number of rotatable bonds is 0. The van der Waals surface area contributed by atoms with E-state index in [2.05, 4.69) is 197 Å². The predicted molar refractivity (Wildman–Crippen MR) is 328 cm³/mol. The maximum atomic E-state index is 14.9. The zero-order valence-electron chi connectivity index (χ0n) is 51.8. The normalized spacial score (nSPS) is 14.6. The van der Waals surface area contributed by atoms with Crippen molar-refractivity contribution in [3.8, 4) is 34.5 Å². The van der Waals surface area contributed by atoms with Crippen LogP contribution in [0.1, 0.15) is 236 Å². The Morgan fingerprint density at radius 1 is 0.309 bits per heavy atom. The second-order valence-electron chi connectivity index (χ2n) is 29.8. The molecule has 0 radical (unpaired) electrons. The van der Waals surface area contributed by atoms with E-state index in [4.69, 9.17) is 9.47 Å². The number of ether oxygens (including phenoxy) is 2. The van der Waals surface area contributed by atoms with Gasteiger partial charge in [-0.1, -0.05) is 197 Å². The second-order valence-corrected chi connectivity index (χ2v) is 29.8. The highest BCUT2D eigenvalue weighted by Crippen LogP contribution is 2.46. The fraction of sp³-hybridized carbons (Fsp3) is 0.438. The van der Waals surface area contributed by atoms with Crippen molar-refractivity contribution in [2.75, 3.05) is 0 Å². The minimum atomic E-state index is -0.335. The summed E-state index contributed by atoms with van der Waals surface area (Å²) in [6.07, 6.45) is 1.63. The first-order valence-corrected chi connectivity index (χ1v) is 29.1. The lowest BCUT2D eigenvalue weighted by atomic mass is 9.79. The molecule has 0 amide bonds. The van der Waals surface area contributed by atoms with Crippen LogP contribution >= 0.6 is 0 Å². The molecule has 0 fully saturated rings. The van der Waals surface area contributed by atoms with Gasteiger partial charge in [0.25, 0.3) is 0 Å². The Morgan fingerprint density at radius 3 is 0.667 bits per heavy atom. The van der Waals surface area contributed by atoms with E-state index in [0.717, 1.165) is 60.4 Å². The van der Waals surface area contributed by atoms with Crippen LogP contribution in [-0.2, 0) is 84.2 Å². The van der Waals surface area contributed by atoms with Crippen LogP contribution in [0.25, 0.3) is 0 Å². The maximum absolute atomic E-state index is 14.9. The fourth-order valence-corrected chi connectivity index (χ4v) is 11.4. The third-order valence-electron chi connectivity index (χ3n) is 16.9. The molecule has 12 bridgehead atoms. The molecule has 0 unspecified atom stereocenters. The molecule has 6 aromatic carbocycles. The standard InChI is InChI=1S/C73H89NO7/c1-68(2,3)54-28-42-22-43-29-55(69(4,5)6)33-47(63(43)76)25-52-38-59(73(16,17)18)39-53-27-49-35-57(71(10,11)12)31-45(65(49)78)23-44-30-56(70(7,8)9)34-48(64(44)77)26-51-37-58(72(13,14)15)36-50(24-46(32-54)62(42)75)66(51)80-40-60-20-19-21-61(74(60)79)41-81-67(52)53/h19-21,28-39,75-78H,22-27,40-41H2,1-18H3. The van der Waals surface area contributed by atoms with Crippen molar-refractivity contribution in [2.45, 2.75) is 209 Å². The largest absolute Gasteiger partial charge is 0.618 e. The first kappa shape index (κ1) is 58.7. The van der Waals surface area contributed by atoms with Gasteiger partial charge in [0.15, 0.2) is 13.2 Å². The lowest BCUT2D eigenvalue weighted by Crippen LogP contribution is -2.38. The highest BCUT2D eigenvalue weighted by Gasteiger charge is 2.31. The Kier molecular flexibility index (Phi) is 15.1. The van der Waals surface area contributed by atoms with Crippen LogP contribution in [0.3, 0.4) is 0 Å². The molecule has 0 spiro atoms. The SMILES string of the molecule is CC(C)(C)c1cc2c(O)c(c1)Cc1cc(C(C)(C)C)cc3c1OCc1cccc([n+]1[O-])COc1c(cc(C(C)(C)C)cc1Cc1cc(C(C)(C)C)cc(c1O)Cc1cc(C(C)(C)C)cc(c1O)C3)Cc1cc(C(C)(C)C)cc(c1O)C2. The number of nitrogens with zero attached hydrogens (tertiary/aromatic N) is 1. The molecule has 0 saturated carbocycles. The maximum Gasteiger partial charge on any atom is 0.230 e. The summed E-state index contributed by atoms with van der Waals surface area (Å²) < 4.78 is 15.2.